The van der Waals surface area contributed by atoms with Gasteiger partial charge in [0, 0.05) is 25.6 Å². The van der Waals surface area contributed by atoms with Crippen LogP contribution in [0.15, 0.2) is 30.3 Å². The molecule has 2 N–H and O–H groups in total. The van der Waals surface area contributed by atoms with Crippen LogP contribution in [0.2, 0.25) is 0 Å². The Morgan fingerprint density at radius 2 is 1.70 bits per heavy atom. The molecule has 4 rings (SSSR count). The summed E-state index contributed by atoms with van der Waals surface area (Å²) in [5, 5.41) is 20.2. The first kappa shape index (κ1) is 24.6. The van der Waals surface area contributed by atoms with Gasteiger partial charge in [-0.05, 0) is 62.8 Å². The lowest BCUT2D eigenvalue weighted by Crippen LogP contribution is -2.32. The molecule has 0 radical (unpaired) electrons. The summed E-state index contributed by atoms with van der Waals surface area (Å²) in [4.78, 5) is 11.5. The molecule has 0 aromatic heterocycles. The summed E-state index contributed by atoms with van der Waals surface area (Å²) in [6.45, 7) is 1.41. The topological polar surface area (TPSA) is 94.5 Å². The Balaban J connectivity index is 1.46. The Morgan fingerprint density at radius 3 is 2.33 bits per heavy atom. The summed E-state index contributed by atoms with van der Waals surface area (Å²) in [5.74, 6) is -1.28. The third kappa shape index (κ3) is 6.99. The monoisotopic (exact) mass is 462 g/mol. The largest absolute Gasteiger partial charge is 0.481 e. The van der Waals surface area contributed by atoms with Crippen LogP contribution in [0.1, 0.15) is 75.9 Å². The molecule has 7 nitrogen and oxygen atoms in total. The molecule has 7 atom stereocenters. The molecule has 2 aliphatic heterocycles. The minimum atomic E-state index is -0.884. The highest BCUT2D eigenvalue weighted by Crippen LogP contribution is 2.42. The lowest BCUT2D eigenvalue weighted by atomic mass is 9.85. The van der Waals surface area contributed by atoms with Gasteiger partial charge >= 0.3 is 5.97 Å². The van der Waals surface area contributed by atoms with Gasteiger partial charge in [-0.1, -0.05) is 30.3 Å². The third-order valence-electron chi connectivity index (χ3n) is 7.26. The molecular formula is C26H38O7. The molecule has 0 spiro atoms. The summed E-state index contributed by atoms with van der Waals surface area (Å²) in [5.41, 5.74) is 1.09. The van der Waals surface area contributed by atoms with E-state index in [4.69, 9.17) is 18.9 Å². The van der Waals surface area contributed by atoms with Gasteiger partial charge in [0.05, 0.1) is 24.7 Å². The number of carboxylic acids is 1. The highest BCUT2D eigenvalue weighted by Gasteiger charge is 2.45. The van der Waals surface area contributed by atoms with Gasteiger partial charge in [-0.15, -0.1) is 0 Å². The van der Waals surface area contributed by atoms with E-state index in [9.17, 15) is 15.0 Å². The second kappa shape index (κ2) is 12.3. The number of ether oxygens (including phenoxy) is 4. The second-order valence-corrected chi connectivity index (χ2v) is 9.61. The summed E-state index contributed by atoms with van der Waals surface area (Å²) >= 11 is 0. The van der Waals surface area contributed by atoms with Crippen LogP contribution in [0, 0.1) is 11.8 Å². The molecule has 0 bridgehead atoms. The summed E-state index contributed by atoms with van der Waals surface area (Å²) in [7, 11) is 0. The maximum atomic E-state index is 11.5. The highest BCUT2D eigenvalue weighted by atomic mass is 16.7. The summed E-state index contributed by atoms with van der Waals surface area (Å²) < 4.78 is 24.3. The molecule has 1 aromatic carbocycles. The number of hydrogen-bond acceptors (Lipinski definition) is 6. The van der Waals surface area contributed by atoms with Crippen LogP contribution in [-0.4, -0.2) is 54.2 Å². The van der Waals surface area contributed by atoms with Crippen LogP contribution in [0.3, 0.4) is 0 Å². The first-order valence-corrected chi connectivity index (χ1v) is 12.6. The van der Waals surface area contributed by atoms with Gasteiger partial charge in [-0.25, -0.2) is 0 Å². The van der Waals surface area contributed by atoms with Crippen molar-refractivity contribution < 1.29 is 34.0 Å². The Kier molecular flexibility index (Phi) is 9.15. The number of hydrogen-bond donors (Lipinski definition) is 2. The summed E-state index contributed by atoms with van der Waals surface area (Å²) in [6.07, 6.45) is 6.28. The van der Waals surface area contributed by atoms with E-state index in [1.165, 1.54) is 0 Å². The fourth-order valence-corrected chi connectivity index (χ4v) is 5.53. The van der Waals surface area contributed by atoms with E-state index >= 15 is 0 Å². The minimum absolute atomic E-state index is 0.0557. The number of carboxylic acid groups (broad SMARTS) is 1. The molecule has 2 saturated heterocycles. The van der Waals surface area contributed by atoms with Crippen molar-refractivity contribution in [3.63, 3.8) is 0 Å². The molecular weight excluding hydrogens is 424 g/mol. The number of benzene rings is 1. The van der Waals surface area contributed by atoms with Crippen molar-refractivity contribution in [1.29, 1.82) is 0 Å². The quantitative estimate of drug-likeness (QED) is 0.531. The predicted octanol–water partition coefficient (Wildman–Crippen LogP) is 4.43. The van der Waals surface area contributed by atoms with Gasteiger partial charge in [0.25, 0.3) is 0 Å². The Hall–Kier alpha value is -1.51. The Bertz CT molecular complexity index is 715. The fraction of sp³-hybridized carbons (Fsp3) is 0.731. The average molecular weight is 463 g/mol. The van der Waals surface area contributed by atoms with Gasteiger partial charge in [0.15, 0.2) is 12.6 Å². The molecule has 2 heterocycles. The maximum Gasteiger partial charge on any atom is 0.303 e. The number of aliphatic hydroxyl groups is 1. The Labute approximate surface area is 196 Å². The SMILES string of the molecule is O=C(O)CC1C(O)CC(OC2CCCCO2)C1CCC(OC1CCCCO1)c1ccccc1. The lowest BCUT2D eigenvalue weighted by molar-refractivity contribution is -0.201. The maximum absolute atomic E-state index is 11.5. The van der Waals surface area contributed by atoms with E-state index in [0.29, 0.717) is 25.9 Å². The van der Waals surface area contributed by atoms with Crippen LogP contribution >= 0.6 is 0 Å². The molecule has 1 aliphatic carbocycles. The van der Waals surface area contributed by atoms with E-state index in [0.717, 1.165) is 50.7 Å². The zero-order chi connectivity index (χ0) is 23.0. The summed E-state index contributed by atoms with van der Waals surface area (Å²) in [6, 6.07) is 10.1. The van der Waals surface area contributed by atoms with E-state index in [1.807, 2.05) is 18.2 Å². The number of carbonyl (C=O) groups is 1. The molecule has 1 saturated carbocycles. The van der Waals surface area contributed by atoms with E-state index in [-0.39, 0.29) is 43.0 Å². The Morgan fingerprint density at radius 1 is 1.00 bits per heavy atom. The molecule has 3 aliphatic rings. The van der Waals surface area contributed by atoms with Gasteiger partial charge in [0.1, 0.15) is 0 Å². The molecule has 7 unspecified atom stereocenters. The van der Waals surface area contributed by atoms with Crippen molar-refractivity contribution in [2.45, 2.75) is 95.1 Å². The zero-order valence-electron chi connectivity index (χ0n) is 19.3. The lowest BCUT2D eigenvalue weighted by Gasteiger charge is -2.32. The van der Waals surface area contributed by atoms with Gasteiger partial charge in [0.2, 0.25) is 0 Å². The number of rotatable bonds is 10. The first-order valence-electron chi connectivity index (χ1n) is 12.6. The van der Waals surface area contributed by atoms with E-state index in [1.54, 1.807) is 0 Å². The van der Waals surface area contributed by atoms with Crippen LogP contribution in [-0.2, 0) is 23.7 Å². The van der Waals surface area contributed by atoms with Crippen molar-refractivity contribution in [3.8, 4) is 0 Å². The number of aliphatic hydroxyl groups excluding tert-OH is 1. The van der Waals surface area contributed by atoms with Gasteiger partial charge in [-0.2, -0.15) is 0 Å². The van der Waals surface area contributed by atoms with Crippen molar-refractivity contribution in [1.82, 2.24) is 0 Å². The zero-order valence-corrected chi connectivity index (χ0v) is 19.3. The fourth-order valence-electron chi connectivity index (χ4n) is 5.53. The minimum Gasteiger partial charge on any atom is -0.481 e. The van der Waals surface area contributed by atoms with Crippen molar-refractivity contribution in [3.05, 3.63) is 35.9 Å². The third-order valence-corrected chi connectivity index (χ3v) is 7.26. The van der Waals surface area contributed by atoms with E-state index < -0.39 is 12.1 Å². The highest BCUT2D eigenvalue weighted by molar-refractivity contribution is 5.67. The molecule has 184 valence electrons. The van der Waals surface area contributed by atoms with Crippen LogP contribution in [0.25, 0.3) is 0 Å². The second-order valence-electron chi connectivity index (χ2n) is 9.61. The van der Waals surface area contributed by atoms with Crippen LogP contribution < -0.4 is 0 Å². The van der Waals surface area contributed by atoms with Crippen LogP contribution in [0.4, 0.5) is 0 Å². The van der Waals surface area contributed by atoms with Crippen LogP contribution in [0.5, 0.6) is 0 Å². The van der Waals surface area contributed by atoms with Crippen molar-refractivity contribution in [2.75, 3.05) is 13.2 Å². The van der Waals surface area contributed by atoms with Crippen molar-refractivity contribution in [2.24, 2.45) is 11.8 Å². The normalized spacial score (nSPS) is 33.6. The molecule has 33 heavy (non-hydrogen) atoms. The first-order chi connectivity index (χ1) is 16.1. The standard InChI is InChI=1S/C26H38O7/c27-21-17-23(33-26-11-5-7-15-31-26)19(20(21)16-24(28)29)12-13-22(18-8-2-1-3-9-18)32-25-10-4-6-14-30-25/h1-3,8-9,19-23,25-27H,4-7,10-17H2,(H,28,29). The molecule has 1 aromatic rings. The average Bonchev–Trinajstić information content (AvgIpc) is 3.11. The number of aliphatic carboxylic acids is 1. The van der Waals surface area contributed by atoms with E-state index in [2.05, 4.69) is 12.1 Å². The van der Waals surface area contributed by atoms with Gasteiger partial charge < -0.3 is 29.2 Å². The van der Waals surface area contributed by atoms with Gasteiger partial charge in [-0.3, -0.25) is 4.79 Å². The molecule has 0 amide bonds. The smallest absolute Gasteiger partial charge is 0.303 e. The predicted molar refractivity (Wildman–Crippen MR) is 121 cm³/mol. The molecule has 7 heteroatoms. The van der Waals surface area contributed by atoms with Crippen molar-refractivity contribution >= 4 is 5.97 Å². The molecule has 3 fully saturated rings.